The second-order valence-corrected chi connectivity index (χ2v) is 5.09. The molecular weight excluding hydrogens is 278 g/mol. The quantitative estimate of drug-likeness (QED) is 0.825. The van der Waals surface area contributed by atoms with E-state index in [2.05, 4.69) is 5.32 Å². The molecule has 0 aliphatic carbocycles. The van der Waals surface area contributed by atoms with Crippen LogP contribution in [0.15, 0.2) is 54.6 Å². The largest absolute Gasteiger partial charge is 0.478 e. The number of nitrogens with one attached hydrogen (secondary N) is 1. The van der Waals surface area contributed by atoms with Crippen molar-refractivity contribution in [1.29, 1.82) is 0 Å². The molecule has 2 aromatic carbocycles. The second-order valence-electron chi connectivity index (χ2n) is 5.09. The van der Waals surface area contributed by atoms with Crippen LogP contribution in [-0.2, 0) is 17.6 Å². The van der Waals surface area contributed by atoms with Crippen molar-refractivity contribution in [1.82, 2.24) is 5.32 Å². The fraction of sp³-hybridized carbons (Fsp3) is 0.222. The van der Waals surface area contributed by atoms with Crippen molar-refractivity contribution in [2.75, 3.05) is 6.54 Å². The predicted octanol–water partition coefficient (Wildman–Crippen LogP) is 2.68. The molecule has 2 aromatic rings. The summed E-state index contributed by atoms with van der Waals surface area (Å²) in [5.41, 5.74) is 2.44. The number of aromatic carboxylic acids is 1. The minimum atomic E-state index is -0.930. The highest BCUT2D eigenvalue weighted by atomic mass is 16.4. The van der Waals surface area contributed by atoms with Crippen LogP contribution < -0.4 is 5.32 Å². The molecule has 0 aliphatic rings. The standard InChI is InChI=1S/C18H19NO3/c20-17(11-8-14-4-2-1-3-5-14)19-13-12-15-6-9-16(10-7-15)18(21)22/h1-7,9-10H,8,11-13H2,(H,19,20)(H,21,22). The molecule has 2 N–H and O–H groups in total. The average molecular weight is 297 g/mol. The van der Waals surface area contributed by atoms with Crippen LogP contribution in [0.2, 0.25) is 0 Å². The van der Waals surface area contributed by atoms with Crippen molar-refractivity contribution in [3.63, 3.8) is 0 Å². The van der Waals surface area contributed by atoms with Crippen molar-refractivity contribution in [2.24, 2.45) is 0 Å². The normalized spacial score (nSPS) is 10.2. The van der Waals surface area contributed by atoms with E-state index in [-0.39, 0.29) is 11.5 Å². The number of carbonyl (C=O) groups is 2. The maximum Gasteiger partial charge on any atom is 0.335 e. The van der Waals surface area contributed by atoms with Crippen LogP contribution in [0.1, 0.15) is 27.9 Å². The highest BCUT2D eigenvalue weighted by molar-refractivity contribution is 5.87. The molecule has 0 heterocycles. The summed E-state index contributed by atoms with van der Waals surface area (Å²) < 4.78 is 0. The molecular formula is C18H19NO3. The lowest BCUT2D eigenvalue weighted by atomic mass is 10.1. The first kappa shape index (κ1) is 15.8. The molecule has 0 unspecified atom stereocenters. The molecule has 4 nitrogen and oxygen atoms in total. The van der Waals surface area contributed by atoms with Crippen molar-refractivity contribution in [2.45, 2.75) is 19.3 Å². The number of carboxylic acid groups (broad SMARTS) is 1. The molecule has 0 fully saturated rings. The van der Waals surface area contributed by atoms with Crippen LogP contribution >= 0.6 is 0 Å². The van der Waals surface area contributed by atoms with Crippen molar-refractivity contribution < 1.29 is 14.7 Å². The molecule has 0 spiro atoms. The van der Waals surface area contributed by atoms with E-state index in [1.54, 1.807) is 24.3 Å². The van der Waals surface area contributed by atoms with Crippen LogP contribution in [0.25, 0.3) is 0 Å². The summed E-state index contributed by atoms with van der Waals surface area (Å²) in [6.07, 6.45) is 1.90. The molecule has 0 radical (unpaired) electrons. The molecule has 0 atom stereocenters. The van der Waals surface area contributed by atoms with E-state index < -0.39 is 5.97 Å². The third-order valence-electron chi connectivity index (χ3n) is 3.42. The Kier molecular flexibility index (Phi) is 5.72. The lowest BCUT2D eigenvalue weighted by Gasteiger charge is -2.06. The molecule has 0 saturated carbocycles. The molecule has 114 valence electrons. The highest BCUT2D eigenvalue weighted by Crippen LogP contribution is 2.05. The first-order valence-corrected chi connectivity index (χ1v) is 7.28. The monoisotopic (exact) mass is 297 g/mol. The van der Waals surface area contributed by atoms with Crippen molar-refractivity contribution >= 4 is 11.9 Å². The fourth-order valence-electron chi connectivity index (χ4n) is 2.15. The molecule has 22 heavy (non-hydrogen) atoms. The van der Waals surface area contributed by atoms with Gasteiger partial charge < -0.3 is 10.4 Å². The molecule has 2 rings (SSSR count). The lowest BCUT2D eigenvalue weighted by Crippen LogP contribution is -2.25. The number of rotatable bonds is 7. The Labute approximate surface area is 129 Å². The number of amides is 1. The second kappa shape index (κ2) is 7.98. The maximum absolute atomic E-state index is 11.8. The smallest absolute Gasteiger partial charge is 0.335 e. The van der Waals surface area contributed by atoms with Gasteiger partial charge in [0.1, 0.15) is 0 Å². The van der Waals surface area contributed by atoms with E-state index in [4.69, 9.17) is 5.11 Å². The van der Waals surface area contributed by atoms with E-state index >= 15 is 0 Å². The topological polar surface area (TPSA) is 66.4 Å². The summed E-state index contributed by atoms with van der Waals surface area (Å²) >= 11 is 0. The van der Waals surface area contributed by atoms with Crippen molar-refractivity contribution in [3.8, 4) is 0 Å². The molecule has 4 heteroatoms. The van der Waals surface area contributed by atoms with Gasteiger partial charge >= 0.3 is 5.97 Å². The van der Waals surface area contributed by atoms with Gasteiger partial charge in [0.15, 0.2) is 0 Å². The Hall–Kier alpha value is -2.62. The molecule has 0 bridgehead atoms. The lowest BCUT2D eigenvalue weighted by molar-refractivity contribution is -0.121. The van der Waals surface area contributed by atoms with Crippen LogP contribution in [0.3, 0.4) is 0 Å². The van der Waals surface area contributed by atoms with Gasteiger partial charge in [0.05, 0.1) is 5.56 Å². The van der Waals surface area contributed by atoms with Crippen LogP contribution in [-0.4, -0.2) is 23.5 Å². The molecule has 0 saturated heterocycles. The Morgan fingerprint density at radius 3 is 2.14 bits per heavy atom. The number of benzene rings is 2. The minimum Gasteiger partial charge on any atom is -0.478 e. The Bertz CT molecular complexity index is 621. The molecule has 1 amide bonds. The highest BCUT2D eigenvalue weighted by Gasteiger charge is 2.03. The number of hydrogen-bond donors (Lipinski definition) is 2. The first-order chi connectivity index (χ1) is 10.6. The van der Waals surface area contributed by atoms with E-state index in [1.165, 1.54) is 0 Å². The van der Waals surface area contributed by atoms with Gasteiger partial charge in [0.2, 0.25) is 5.91 Å². The zero-order valence-corrected chi connectivity index (χ0v) is 12.3. The zero-order valence-electron chi connectivity index (χ0n) is 12.3. The van der Waals surface area contributed by atoms with Crippen LogP contribution in [0.5, 0.6) is 0 Å². The zero-order chi connectivity index (χ0) is 15.8. The predicted molar refractivity (Wildman–Crippen MR) is 84.9 cm³/mol. The summed E-state index contributed by atoms with van der Waals surface area (Å²) in [5, 5.41) is 11.7. The van der Waals surface area contributed by atoms with E-state index in [0.29, 0.717) is 19.4 Å². The van der Waals surface area contributed by atoms with Gasteiger partial charge in [-0.2, -0.15) is 0 Å². The third kappa shape index (κ3) is 5.05. The third-order valence-corrected chi connectivity index (χ3v) is 3.42. The maximum atomic E-state index is 11.8. The van der Waals surface area contributed by atoms with E-state index in [9.17, 15) is 9.59 Å². The van der Waals surface area contributed by atoms with Gasteiger partial charge in [-0.3, -0.25) is 4.79 Å². The summed E-state index contributed by atoms with van der Waals surface area (Å²) in [5.74, 6) is -0.897. The van der Waals surface area contributed by atoms with Gasteiger partial charge in [0, 0.05) is 13.0 Å². The SMILES string of the molecule is O=C(CCc1ccccc1)NCCc1ccc(C(=O)O)cc1. The van der Waals surface area contributed by atoms with E-state index in [0.717, 1.165) is 17.5 Å². The van der Waals surface area contributed by atoms with Gasteiger partial charge in [-0.25, -0.2) is 4.79 Å². The van der Waals surface area contributed by atoms with Crippen molar-refractivity contribution in [3.05, 3.63) is 71.3 Å². The summed E-state index contributed by atoms with van der Waals surface area (Å²) in [6.45, 7) is 0.556. The Balaban J connectivity index is 1.69. The van der Waals surface area contributed by atoms with Crippen LogP contribution in [0.4, 0.5) is 0 Å². The summed E-state index contributed by atoms with van der Waals surface area (Å²) in [4.78, 5) is 22.5. The first-order valence-electron chi connectivity index (χ1n) is 7.28. The van der Waals surface area contributed by atoms with Gasteiger partial charge in [-0.1, -0.05) is 42.5 Å². The van der Waals surface area contributed by atoms with Gasteiger partial charge in [-0.15, -0.1) is 0 Å². The number of carbonyl (C=O) groups excluding carboxylic acids is 1. The van der Waals surface area contributed by atoms with Gasteiger partial charge in [0.25, 0.3) is 0 Å². The molecule has 0 aliphatic heterocycles. The van der Waals surface area contributed by atoms with Gasteiger partial charge in [-0.05, 0) is 36.1 Å². The Morgan fingerprint density at radius 2 is 1.50 bits per heavy atom. The fourth-order valence-corrected chi connectivity index (χ4v) is 2.15. The summed E-state index contributed by atoms with van der Waals surface area (Å²) in [7, 11) is 0. The molecule has 0 aromatic heterocycles. The number of hydrogen-bond acceptors (Lipinski definition) is 2. The summed E-state index contributed by atoms with van der Waals surface area (Å²) in [6, 6.07) is 16.6. The number of carboxylic acids is 1. The van der Waals surface area contributed by atoms with E-state index in [1.807, 2.05) is 30.3 Å². The Morgan fingerprint density at radius 1 is 0.864 bits per heavy atom. The number of aryl methyl sites for hydroxylation is 1. The average Bonchev–Trinajstić information content (AvgIpc) is 2.54. The minimum absolute atomic E-state index is 0.0333. The van der Waals surface area contributed by atoms with Crippen LogP contribution in [0, 0.1) is 0 Å².